The summed E-state index contributed by atoms with van der Waals surface area (Å²) in [4.78, 5) is 21.2. The van der Waals surface area contributed by atoms with Crippen molar-refractivity contribution in [2.45, 2.75) is 18.2 Å². The van der Waals surface area contributed by atoms with E-state index in [0.29, 0.717) is 11.4 Å². The summed E-state index contributed by atoms with van der Waals surface area (Å²) in [6, 6.07) is 15.5. The van der Waals surface area contributed by atoms with E-state index >= 15 is 0 Å². The maximum atomic E-state index is 12.4. The number of nitrogens with zero attached hydrogens (tertiary/aromatic N) is 2. The van der Waals surface area contributed by atoms with Gasteiger partial charge in [0.2, 0.25) is 5.91 Å². The summed E-state index contributed by atoms with van der Waals surface area (Å²) in [5.41, 5.74) is 3.05. The highest BCUT2D eigenvalue weighted by atomic mass is 32.2. The number of benzene rings is 2. The average Bonchev–Trinajstić information content (AvgIpc) is 3.37. The number of aryl methyl sites for hydroxylation is 1. The van der Waals surface area contributed by atoms with Gasteiger partial charge in [0.05, 0.1) is 27.7 Å². The van der Waals surface area contributed by atoms with E-state index in [9.17, 15) is 13.2 Å². The van der Waals surface area contributed by atoms with Gasteiger partial charge in [-0.15, -0.1) is 22.7 Å². The Morgan fingerprint density at radius 1 is 0.968 bits per heavy atom. The van der Waals surface area contributed by atoms with Crippen LogP contribution in [0.15, 0.2) is 70.3 Å². The van der Waals surface area contributed by atoms with Gasteiger partial charge in [-0.25, -0.2) is 18.4 Å². The molecular weight excluding hydrogens is 452 g/mol. The molecule has 4 aromatic rings. The van der Waals surface area contributed by atoms with Crippen LogP contribution in [0.2, 0.25) is 0 Å². The fourth-order valence-electron chi connectivity index (χ4n) is 2.80. The molecule has 31 heavy (non-hydrogen) atoms. The van der Waals surface area contributed by atoms with Gasteiger partial charge in [-0.2, -0.15) is 0 Å². The topological polar surface area (TPSA) is 101 Å². The number of carbonyl (C=O) groups is 1. The number of carbonyl (C=O) groups excluding carboxylic acids is 1. The van der Waals surface area contributed by atoms with E-state index in [1.807, 2.05) is 36.6 Å². The molecule has 0 spiro atoms. The number of rotatable bonds is 7. The van der Waals surface area contributed by atoms with E-state index < -0.39 is 10.0 Å². The first kappa shape index (κ1) is 21.2. The minimum absolute atomic E-state index is 0.0383. The molecule has 0 aliphatic carbocycles. The highest BCUT2D eigenvalue weighted by Gasteiger charge is 2.16. The molecule has 0 radical (unpaired) electrons. The molecule has 0 aliphatic rings. The average molecular weight is 471 g/mol. The lowest BCUT2D eigenvalue weighted by atomic mass is 10.1. The molecule has 0 bridgehead atoms. The molecule has 0 aliphatic heterocycles. The first-order valence-electron chi connectivity index (χ1n) is 9.24. The lowest BCUT2D eigenvalue weighted by molar-refractivity contribution is -0.115. The van der Waals surface area contributed by atoms with Crippen LogP contribution in [-0.4, -0.2) is 24.3 Å². The molecule has 0 atom stereocenters. The van der Waals surface area contributed by atoms with E-state index in [2.05, 4.69) is 20.0 Å². The fourth-order valence-corrected chi connectivity index (χ4v) is 5.40. The Bertz CT molecular complexity index is 1300. The lowest BCUT2D eigenvalue weighted by Gasteiger charge is -2.05. The van der Waals surface area contributed by atoms with Gasteiger partial charge in [-0.1, -0.05) is 30.3 Å². The van der Waals surface area contributed by atoms with E-state index in [4.69, 9.17) is 0 Å². The molecule has 0 saturated heterocycles. The van der Waals surface area contributed by atoms with Crippen molar-refractivity contribution in [1.82, 2.24) is 9.97 Å². The second-order valence-corrected chi connectivity index (χ2v) is 10.2. The Labute approximate surface area is 187 Å². The quantitative estimate of drug-likeness (QED) is 0.412. The van der Waals surface area contributed by atoms with Gasteiger partial charge in [0.15, 0.2) is 5.13 Å². The predicted octanol–water partition coefficient (Wildman–Crippen LogP) is 4.56. The van der Waals surface area contributed by atoms with Crippen molar-refractivity contribution >= 4 is 49.4 Å². The first-order chi connectivity index (χ1) is 14.9. The molecule has 2 aromatic heterocycles. The number of sulfonamides is 1. The Hall–Kier alpha value is -3.08. The Kier molecular flexibility index (Phi) is 6.12. The van der Waals surface area contributed by atoms with Gasteiger partial charge in [0, 0.05) is 22.0 Å². The van der Waals surface area contributed by atoms with Gasteiger partial charge in [0.25, 0.3) is 10.0 Å². The minimum Gasteiger partial charge on any atom is -0.326 e. The van der Waals surface area contributed by atoms with E-state index in [0.717, 1.165) is 27.6 Å². The van der Waals surface area contributed by atoms with Crippen LogP contribution >= 0.6 is 22.7 Å². The first-order valence-corrected chi connectivity index (χ1v) is 12.5. The molecule has 7 nitrogen and oxygen atoms in total. The maximum Gasteiger partial charge on any atom is 0.263 e. The molecule has 0 fully saturated rings. The number of amides is 1. The summed E-state index contributed by atoms with van der Waals surface area (Å²) in [6.07, 6.45) is 0.0383. The van der Waals surface area contributed by atoms with Crippen LogP contribution in [0.25, 0.3) is 11.3 Å². The van der Waals surface area contributed by atoms with Gasteiger partial charge in [-0.05, 0) is 31.2 Å². The number of thiazole rings is 2. The van der Waals surface area contributed by atoms with Gasteiger partial charge in [-0.3, -0.25) is 9.52 Å². The summed E-state index contributed by atoms with van der Waals surface area (Å²) in [6.45, 7) is 1.96. The van der Waals surface area contributed by atoms with Gasteiger partial charge >= 0.3 is 0 Å². The highest BCUT2D eigenvalue weighted by molar-refractivity contribution is 7.93. The number of nitrogens with one attached hydrogen (secondary N) is 2. The summed E-state index contributed by atoms with van der Waals surface area (Å²) in [5.74, 6) is -0.236. The second-order valence-electron chi connectivity index (χ2n) is 6.62. The molecule has 2 aromatic carbocycles. The molecule has 10 heteroatoms. The zero-order chi connectivity index (χ0) is 21.8. The Morgan fingerprint density at radius 3 is 2.39 bits per heavy atom. The molecule has 4 rings (SSSR count). The smallest absolute Gasteiger partial charge is 0.263 e. The number of hydrogen-bond donors (Lipinski definition) is 2. The molecule has 2 heterocycles. The van der Waals surface area contributed by atoms with Crippen LogP contribution in [0, 0.1) is 6.92 Å². The van der Waals surface area contributed by atoms with E-state index in [1.165, 1.54) is 12.1 Å². The normalized spacial score (nSPS) is 11.3. The third-order valence-electron chi connectivity index (χ3n) is 4.25. The molecular formula is C21H18N4O3S3. The van der Waals surface area contributed by atoms with E-state index in [-0.39, 0.29) is 22.4 Å². The number of hydrogen-bond acceptors (Lipinski definition) is 7. The van der Waals surface area contributed by atoms with E-state index in [1.54, 1.807) is 34.9 Å². The van der Waals surface area contributed by atoms with Crippen molar-refractivity contribution in [3.05, 3.63) is 76.1 Å². The third-order valence-corrected chi connectivity index (χ3v) is 7.32. The van der Waals surface area contributed by atoms with Crippen molar-refractivity contribution in [2.75, 3.05) is 10.0 Å². The van der Waals surface area contributed by atoms with Crippen molar-refractivity contribution < 1.29 is 13.2 Å². The highest BCUT2D eigenvalue weighted by Crippen LogP contribution is 2.24. The van der Waals surface area contributed by atoms with Crippen molar-refractivity contribution in [1.29, 1.82) is 0 Å². The summed E-state index contributed by atoms with van der Waals surface area (Å²) >= 11 is 2.72. The maximum absolute atomic E-state index is 12.4. The predicted molar refractivity (Wildman–Crippen MR) is 124 cm³/mol. The molecule has 0 unspecified atom stereocenters. The van der Waals surface area contributed by atoms with Gasteiger partial charge in [0.1, 0.15) is 0 Å². The minimum atomic E-state index is -3.71. The Morgan fingerprint density at radius 2 is 1.71 bits per heavy atom. The fraction of sp³-hybridized carbons (Fsp3) is 0.0952. The number of anilines is 2. The largest absolute Gasteiger partial charge is 0.326 e. The van der Waals surface area contributed by atoms with Crippen LogP contribution in [0.3, 0.4) is 0 Å². The standard InChI is InChI=1S/C21H18N4O3S3/c1-14-22-19(13-29-14)15-7-9-16(10-8-15)23-20(26)11-17-12-30-21(24-17)25-31(27,28)18-5-3-2-4-6-18/h2-10,12-13H,11H2,1H3,(H,23,26)(H,24,25). The zero-order valence-electron chi connectivity index (χ0n) is 16.4. The zero-order valence-corrected chi connectivity index (χ0v) is 18.9. The SMILES string of the molecule is Cc1nc(-c2ccc(NC(=O)Cc3csc(NS(=O)(=O)c4ccccc4)n3)cc2)cs1. The van der Waals surface area contributed by atoms with Crippen LogP contribution in [0.5, 0.6) is 0 Å². The molecule has 1 amide bonds. The van der Waals surface area contributed by atoms with Crippen LogP contribution in [0.1, 0.15) is 10.7 Å². The second kappa shape index (κ2) is 8.96. The third kappa shape index (κ3) is 5.35. The van der Waals surface area contributed by atoms with Gasteiger partial charge < -0.3 is 5.32 Å². The molecule has 158 valence electrons. The van der Waals surface area contributed by atoms with Crippen molar-refractivity contribution in [3.63, 3.8) is 0 Å². The van der Waals surface area contributed by atoms with Crippen LogP contribution in [0.4, 0.5) is 10.8 Å². The summed E-state index contributed by atoms with van der Waals surface area (Å²) in [5, 5.41) is 7.70. The van der Waals surface area contributed by atoms with Crippen molar-refractivity contribution in [3.8, 4) is 11.3 Å². The molecule has 2 N–H and O–H groups in total. The van der Waals surface area contributed by atoms with Crippen LogP contribution < -0.4 is 10.0 Å². The number of aromatic nitrogens is 2. The monoisotopic (exact) mass is 470 g/mol. The lowest BCUT2D eigenvalue weighted by Crippen LogP contribution is -2.15. The Balaban J connectivity index is 1.36. The summed E-state index contributed by atoms with van der Waals surface area (Å²) < 4.78 is 27.2. The van der Waals surface area contributed by atoms with Crippen molar-refractivity contribution in [2.24, 2.45) is 0 Å². The van der Waals surface area contributed by atoms with Crippen LogP contribution in [-0.2, 0) is 21.2 Å². The summed E-state index contributed by atoms with van der Waals surface area (Å²) in [7, 11) is -3.71. The molecule has 0 saturated carbocycles.